The highest BCUT2D eigenvalue weighted by Crippen LogP contribution is 2.43. The first-order valence-corrected chi connectivity index (χ1v) is 6.52. The second-order valence-electron chi connectivity index (χ2n) is 3.27. The minimum absolute atomic E-state index is 0.106. The van der Waals surface area contributed by atoms with Crippen LogP contribution >= 0.6 is 22.5 Å². The van der Waals surface area contributed by atoms with E-state index >= 15 is 0 Å². The molecule has 0 atom stereocenters. The molecule has 2 N–H and O–H groups in total. The number of aromatic hydroxyl groups is 2. The van der Waals surface area contributed by atoms with E-state index in [0.29, 0.717) is 10.5 Å². The van der Waals surface area contributed by atoms with E-state index in [-0.39, 0.29) is 11.5 Å². The standard InChI is InChI=1S/C12H10O2S2/c13-11-9(8-4-2-1-3-5-8)6-7-10(16-15)12(11)14/h1-7,13-15H. The van der Waals surface area contributed by atoms with Crippen LogP contribution in [0.4, 0.5) is 0 Å². The van der Waals surface area contributed by atoms with E-state index in [1.54, 1.807) is 12.1 Å². The molecule has 2 nitrogen and oxygen atoms in total. The van der Waals surface area contributed by atoms with Gasteiger partial charge in [0.1, 0.15) is 0 Å². The van der Waals surface area contributed by atoms with Gasteiger partial charge in [0.15, 0.2) is 11.5 Å². The zero-order valence-electron chi connectivity index (χ0n) is 8.29. The van der Waals surface area contributed by atoms with Crippen molar-refractivity contribution in [2.75, 3.05) is 0 Å². The van der Waals surface area contributed by atoms with Gasteiger partial charge in [0.2, 0.25) is 0 Å². The van der Waals surface area contributed by atoms with E-state index in [1.165, 1.54) is 0 Å². The van der Waals surface area contributed by atoms with Gasteiger partial charge >= 0.3 is 0 Å². The van der Waals surface area contributed by atoms with Crippen molar-refractivity contribution >= 4 is 22.5 Å². The Kier molecular flexibility index (Phi) is 3.31. The quantitative estimate of drug-likeness (QED) is 0.432. The van der Waals surface area contributed by atoms with Crippen molar-refractivity contribution in [1.29, 1.82) is 0 Å². The van der Waals surface area contributed by atoms with E-state index in [4.69, 9.17) is 0 Å². The summed E-state index contributed by atoms with van der Waals surface area (Å²) in [7, 11) is 1.10. The smallest absolute Gasteiger partial charge is 0.172 e. The molecule has 0 fully saturated rings. The van der Waals surface area contributed by atoms with E-state index < -0.39 is 0 Å². The Morgan fingerprint density at radius 2 is 1.56 bits per heavy atom. The molecule has 0 saturated heterocycles. The molecule has 0 spiro atoms. The highest BCUT2D eigenvalue weighted by Gasteiger charge is 2.12. The summed E-state index contributed by atoms with van der Waals surface area (Å²) in [5.74, 6) is -0.230. The maximum atomic E-state index is 9.87. The maximum Gasteiger partial charge on any atom is 0.172 e. The van der Waals surface area contributed by atoms with Crippen LogP contribution in [0.1, 0.15) is 0 Å². The summed E-state index contributed by atoms with van der Waals surface area (Å²) >= 11 is 3.99. The predicted octanol–water partition coefficient (Wildman–Crippen LogP) is 3.70. The van der Waals surface area contributed by atoms with Gasteiger partial charge in [-0.15, -0.1) is 11.7 Å². The minimum Gasteiger partial charge on any atom is -0.504 e. The first kappa shape index (κ1) is 11.2. The molecule has 0 aliphatic heterocycles. The summed E-state index contributed by atoms with van der Waals surface area (Å²) in [5, 5.41) is 19.6. The summed E-state index contributed by atoms with van der Waals surface area (Å²) in [6.07, 6.45) is 0. The number of phenols is 2. The van der Waals surface area contributed by atoms with Crippen molar-refractivity contribution in [3.05, 3.63) is 42.5 Å². The van der Waals surface area contributed by atoms with Crippen LogP contribution in [0.3, 0.4) is 0 Å². The molecular formula is C12H10O2S2. The zero-order valence-corrected chi connectivity index (χ0v) is 10.0. The molecule has 2 aromatic carbocycles. The fraction of sp³-hybridized carbons (Fsp3) is 0. The number of hydrogen-bond acceptors (Lipinski definition) is 4. The van der Waals surface area contributed by atoms with E-state index in [9.17, 15) is 10.2 Å². The van der Waals surface area contributed by atoms with Crippen LogP contribution in [0.2, 0.25) is 0 Å². The Labute approximate surface area is 103 Å². The van der Waals surface area contributed by atoms with Crippen LogP contribution in [0, 0.1) is 0 Å². The fourth-order valence-electron chi connectivity index (χ4n) is 1.49. The number of thiol groups is 1. The first-order chi connectivity index (χ1) is 7.74. The third kappa shape index (κ3) is 1.99. The van der Waals surface area contributed by atoms with E-state index in [2.05, 4.69) is 11.7 Å². The summed E-state index contributed by atoms with van der Waals surface area (Å²) < 4.78 is 0. The number of hydrogen-bond donors (Lipinski definition) is 3. The predicted molar refractivity (Wildman–Crippen MR) is 70.1 cm³/mol. The summed E-state index contributed by atoms with van der Waals surface area (Å²) in [6.45, 7) is 0. The van der Waals surface area contributed by atoms with Gasteiger partial charge in [0, 0.05) is 5.56 Å². The number of phenolic OH excluding ortho intramolecular Hbond substituents is 2. The average molecular weight is 250 g/mol. The van der Waals surface area contributed by atoms with Gasteiger partial charge in [-0.3, -0.25) is 0 Å². The van der Waals surface area contributed by atoms with Crippen LogP contribution in [0.5, 0.6) is 11.5 Å². The van der Waals surface area contributed by atoms with Gasteiger partial charge in [-0.05, 0) is 17.7 Å². The molecule has 16 heavy (non-hydrogen) atoms. The molecule has 2 rings (SSSR count). The van der Waals surface area contributed by atoms with Crippen molar-refractivity contribution < 1.29 is 10.2 Å². The topological polar surface area (TPSA) is 40.5 Å². The third-order valence-electron chi connectivity index (χ3n) is 2.30. The lowest BCUT2D eigenvalue weighted by Gasteiger charge is -2.08. The van der Waals surface area contributed by atoms with Crippen molar-refractivity contribution in [1.82, 2.24) is 0 Å². The first-order valence-electron chi connectivity index (χ1n) is 4.66. The Hall–Kier alpha value is -1.26. The Morgan fingerprint density at radius 3 is 2.19 bits per heavy atom. The van der Waals surface area contributed by atoms with Crippen LogP contribution < -0.4 is 0 Å². The van der Waals surface area contributed by atoms with Gasteiger partial charge in [0.05, 0.1) is 4.90 Å². The zero-order chi connectivity index (χ0) is 11.5. The molecule has 4 heteroatoms. The molecule has 0 unspecified atom stereocenters. The molecular weight excluding hydrogens is 240 g/mol. The minimum atomic E-state index is -0.124. The van der Waals surface area contributed by atoms with Gasteiger partial charge in [0.25, 0.3) is 0 Å². The Balaban J connectivity index is 2.56. The van der Waals surface area contributed by atoms with Gasteiger partial charge in [-0.2, -0.15) is 0 Å². The summed E-state index contributed by atoms with van der Waals surface area (Å²) in [5.41, 5.74) is 1.48. The highest BCUT2D eigenvalue weighted by molar-refractivity contribution is 8.68. The molecule has 2 aromatic rings. The molecule has 0 bridgehead atoms. The van der Waals surface area contributed by atoms with Crippen molar-refractivity contribution in [2.24, 2.45) is 0 Å². The lowest BCUT2D eigenvalue weighted by Crippen LogP contribution is -1.81. The van der Waals surface area contributed by atoms with E-state index in [1.807, 2.05) is 30.3 Å². The number of benzene rings is 2. The monoisotopic (exact) mass is 250 g/mol. The van der Waals surface area contributed by atoms with Crippen molar-refractivity contribution in [3.63, 3.8) is 0 Å². The molecule has 0 aliphatic rings. The van der Waals surface area contributed by atoms with E-state index in [0.717, 1.165) is 16.4 Å². The second kappa shape index (κ2) is 4.72. The number of rotatable bonds is 2. The van der Waals surface area contributed by atoms with Crippen LogP contribution in [0.15, 0.2) is 47.4 Å². The summed E-state index contributed by atoms with van der Waals surface area (Å²) in [4.78, 5) is 0.542. The lowest BCUT2D eigenvalue weighted by atomic mass is 10.0. The Morgan fingerprint density at radius 1 is 0.875 bits per heavy atom. The lowest BCUT2D eigenvalue weighted by molar-refractivity contribution is 0.396. The molecule has 0 saturated carbocycles. The third-order valence-corrected chi connectivity index (χ3v) is 3.41. The molecule has 82 valence electrons. The van der Waals surface area contributed by atoms with Crippen LogP contribution in [-0.4, -0.2) is 10.2 Å². The van der Waals surface area contributed by atoms with Crippen molar-refractivity contribution in [2.45, 2.75) is 4.90 Å². The molecule has 0 heterocycles. The van der Waals surface area contributed by atoms with Crippen LogP contribution in [0.25, 0.3) is 11.1 Å². The molecule has 0 aliphatic carbocycles. The van der Waals surface area contributed by atoms with Gasteiger partial charge in [-0.1, -0.05) is 41.1 Å². The van der Waals surface area contributed by atoms with Crippen LogP contribution in [-0.2, 0) is 0 Å². The normalized spacial score (nSPS) is 10.3. The van der Waals surface area contributed by atoms with Gasteiger partial charge < -0.3 is 10.2 Å². The fourth-order valence-corrected chi connectivity index (χ4v) is 2.24. The molecule has 0 radical (unpaired) electrons. The SMILES string of the molecule is Oc1c(SS)ccc(-c2ccccc2)c1O. The molecule has 0 amide bonds. The largest absolute Gasteiger partial charge is 0.504 e. The highest BCUT2D eigenvalue weighted by atomic mass is 33.1. The Bertz CT molecular complexity index is 498. The molecule has 0 aromatic heterocycles. The second-order valence-corrected chi connectivity index (χ2v) is 4.44. The maximum absolute atomic E-state index is 9.87. The van der Waals surface area contributed by atoms with Gasteiger partial charge in [-0.25, -0.2) is 0 Å². The summed E-state index contributed by atoms with van der Waals surface area (Å²) in [6, 6.07) is 12.9. The average Bonchev–Trinajstić information content (AvgIpc) is 2.34. The van der Waals surface area contributed by atoms with Crippen molar-refractivity contribution in [3.8, 4) is 22.6 Å².